The highest BCUT2D eigenvalue weighted by Gasteiger charge is 2.13. The Labute approximate surface area is 146 Å². The fourth-order valence-electron chi connectivity index (χ4n) is 2.06. The van der Waals surface area contributed by atoms with Crippen LogP contribution in [0.15, 0.2) is 62.8 Å². The Morgan fingerprint density at radius 2 is 1.92 bits per heavy atom. The summed E-state index contributed by atoms with van der Waals surface area (Å²) < 4.78 is 5.11. The molecule has 0 aliphatic heterocycles. The number of nitrogens with zero attached hydrogens (tertiary/aromatic N) is 1. The molecule has 0 fully saturated rings. The van der Waals surface area contributed by atoms with Crippen molar-refractivity contribution in [1.29, 1.82) is 0 Å². The van der Waals surface area contributed by atoms with Crippen LogP contribution in [0.1, 0.15) is 15.9 Å². The molecule has 120 valence electrons. The molecule has 1 aromatic heterocycles. The Balaban J connectivity index is 1.83. The third-order valence-electron chi connectivity index (χ3n) is 3.24. The van der Waals surface area contributed by atoms with Gasteiger partial charge in [0, 0.05) is 10.9 Å². The molecule has 0 aliphatic carbocycles. The Bertz CT molecular complexity index is 1010. The minimum atomic E-state index is -0.734. The zero-order valence-corrected chi connectivity index (χ0v) is 13.6. The Morgan fingerprint density at radius 1 is 1.12 bits per heavy atom. The summed E-state index contributed by atoms with van der Waals surface area (Å²) in [5, 5.41) is 5.13. The lowest BCUT2D eigenvalue weighted by Gasteiger charge is -2.02. The van der Waals surface area contributed by atoms with Gasteiger partial charge in [0.25, 0.3) is 5.91 Å². The number of carbonyl (C=O) groups excluding carboxylic acids is 1. The van der Waals surface area contributed by atoms with Gasteiger partial charge in [-0.05, 0) is 18.2 Å². The average molecular weight is 361 g/mol. The van der Waals surface area contributed by atoms with Crippen molar-refractivity contribution in [3.05, 3.63) is 80.1 Å². The van der Waals surface area contributed by atoms with Crippen LogP contribution in [-0.2, 0) is 0 Å². The topological polar surface area (TPSA) is 71.7 Å². The molecule has 0 saturated carbocycles. The summed E-state index contributed by atoms with van der Waals surface area (Å²) in [7, 11) is 0. The third kappa shape index (κ3) is 3.32. The van der Waals surface area contributed by atoms with Crippen molar-refractivity contribution in [1.82, 2.24) is 5.43 Å². The molecular weight excluding hydrogens is 351 g/mol. The van der Waals surface area contributed by atoms with Crippen molar-refractivity contribution in [3.63, 3.8) is 0 Å². The van der Waals surface area contributed by atoms with E-state index in [-0.39, 0.29) is 5.56 Å². The number of benzene rings is 2. The summed E-state index contributed by atoms with van der Waals surface area (Å²) in [4.78, 5) is 24.0. The maximum Gasteiger partial charge on any atom is 0.349 e. The van der Waals surface area contributed by atoms with E-state index in [1.54, 1.807) is 42.5 Å². The highest BCUT2D eigenvalue weighted by molar-refractivity contribution is 6.43. The van der Waals surface area contributed by atoms with Gasteiger partial charge in [-0.15, -0.1) is 0 Å². The van der Waals surface area contributed by atoms with Crippen molar-refractivity contribution in [2.45, 2.75) is 0 Å². The van der Waals surface area contributed by atoms with Crippen molar-refractivity contribution in [2.24, 2.45) is 5.10 Å². The fraction of sp³-hybridized carbons (Fsp3) is 0. The fourth-order valence-corrected chi connectivity index (χ4v) is 2.42. The first-order valence-electron chi connectivity index (χ1n) is 6.86. The van der Waals surface area contributed by atoms with Crippen molar-refractivity contribution in [3.8, 4) is 0 Å². The highest BCUT2D eigenvalue weighted by atomic mass is 35.5. The van der Waals surface area contributed by atoms with Crippen LogP contribution in [0, 0.1) is 0 Å². The van der Waals surface area contributed by atoms with Gasteiger partial charge in [-0.1, -0.05) is 53.5 Å². The first kappa shape index (κ1) is 16.2. The third-order valence-corrected chi connectivity index (χ3v) is 4.07. The second kappa shape index (κ2) is 6.86. The normalized spacial score (nSPS) is 11.1. The molecule has 1 heterocycles. The molecule has 1 amide bonds. The molecule has 2 aromatic carbocycles. The van der Waals surface area contributed by atoms with Crippen LogP contribution in [0.2, 0.25) is 10.0 Å². The lowest BCUT2D eigenvalue weighted by atomic mass is 10.2. The van der Waals surface area contributed by atoms with Crippen LogP contribution < -0.4 is 11.1 Å². The quantitative estimate of drug-likeness (QED) is 0.437. The molecule has 0 radical (unpaired) electrons. The minimum absolute atomic E-state index is 0.136. The zero-order valence-electron chi connectivity index (χ0n) is 12.1. The number of nitrogens with one attached hydrogen (secondary N) is 1. The van der Waals surface area contributed by atoms with Crippen LogP contribution in [0.3, 0.4) is 0 Å². The molecule has 24 heavy (non-hydrogen) atoms. The van der Waals surface area contributed by atoms with E-state index in [4.69, 9.17) is 27.6 Å². The smallest absolute Gasteiger partial charge is 0.349 e. The second-order valence-corrected chi connectivity index (χ2v) is 5.61. The van der Waals surface area contributed by atoms with Crippen LogP contribution in [0.5, 0.6) is 0 Å². The van der Waals surface area contributed by atoms with Gasteiger partial charge in [-0.25, -0.2) is 10.2 Å². The number of para-hydroxylation sites is 1. The summed E-state index contributed by atoms with van der Waals surface area (Å²) in [6, 6.07) is 13.4. The molecule has 0 atom stereocenters. The number of fused-ring (bicyclic) bond motifs is 1. The number of amides is 1. The first-order chi connectivity index (χ1) is 11.6. The Morgan fingerprint density at radius 3 is 2.75 bits per heavy atom. The predicted molar refractivity (Wildman–Crippen MR) is 94.0 cm³/mol. The van der Waals surface area contributed by atoms with Gasteiger partial charge in [-0.2, -0.15) is 5.10 Å². The number of rotatable bonds is 3. The summed E-state index contributed by atoms with van der Waals surface area (Å²) in [5.41, 5.74) is 2.35. The van der Waals surface area contributed by atoms with Crippen molar-refractivity contribution >= 4 is 46.3 Å². The van der Waals surface area contributed by atoms with Crippen molar-refractivity contribution < 1.29 is 9.21 Å². The van der Waals surface area contributed by atoms with Crippen molar-refractivity contribution in [2.75, 3.05) is 0 Å². The van der Waals surface area contributed by atoms with Gasteiger partial charge in [0.05, 0.1) is 16.3 Å². The Kier molecular flexibility index (Phi) is 4.64. The average Bonchev–Trinajstić information content (AvgIpc) is 2.58. The molecular formula is C17H10Cl2N2O3. The maximum atomic E-state index is 12.1. The largest absolute Gasteiger partial charge is 0.422 e. The molecule has 5 nitrogen and oxygen atoms in total. The summed E-state index contributed by atoms with van der Waals surface area (Å²) >= 11 is 11.9. The number of carbonyl (C=O) groups is 1. The predicted octanol–water partition coefficient (Wildman–Crippen LogP) is 3.86. The van der Waals surface area contributed by atoms with E-state index >= 15 is 0 Å². The SMILES string of the molecule is O=C(N/N=C/c1cccc(Cl)c1Cl)c1cc2ccccc2oc1=O. The second-order valence-electron chi connectivity index (χ2n) is 4.83. The van der Waals surface area contributed by atoms with Gasteiger partial charge in [0.15, 0.2) is 0 Å². The summed E-state index contributed by atoms with van der Waals surface area (Å²) in [6.07, 6.45) is 1.34. The molecule has 0 saturated heterocycles. The van der Waals surface area contributed by atoms with E-state index in [1.807, 2.05) is 0 Å². The highest BCUT2D eigenvalue weighted by Crippen LogP contribution is 2.24. The van der Waals surface area contributed by atoms with Gasteiger partial charge in [-0.3, -0.25) is 4.79 Å². The van der Waals surface area contributed by atoms with Crippen LogP contribution >= 0.6 is 23.2 Å². The van der Waals surface area contributed by atoms with Crippen LogP contribution in [0.25, 0.3) is 11.0 Å². The van der Waals surface area contributed by atoms with E-state index in [9.17, 15) is 9.59 Å². The number of hydrazone groups is 1. The molecule has 3 rings (SSSR count). The first-order valence-corrected chi connectivity index (χ1v) is 7.62. The van der Waals surface area contributed by atoms with Crippen LogP contribution in [-0.4, -0.2) is 12.1 Å². The molecule has 0 aliphatic rings. The molecule has 0 unspecified atom stereocenters. The number of halogens is 2. The zero-order chi connectivity index (χ0) is 17.1. The van der Waals surface area contributed by atoms with E-state index in [1.165, 1.54) is 12.3 Å². The molecule has 0 spiro atoms. The molecule has 0 bridgehead atoms. The van der Waals surface area contributed by atoms with Gasteiger partial charge < -0.3 is 4.42 Å². The Hall–Kier alpha value is -2.63. The van der Waals surface area contributed by atoms with E-state index in [2.05, 4.69) is 10.5 Å². The van der Waals surface area contributed by atoms with Gasteiger partial charge in [0.2, 0.25) is 0 Å². The van der Waals surface area contributed by atoms with E-state index in [0.717, 1.165) is 0 Å². The molecule has 3 aromatic rings. The standard InChI is InChI=1S/C17H10Cl2N2O3/c18-13-6-3-5-11(15(13)19)9-20-21-16(22)12-8-10-4-1-2-7-14(10)24-17(12)23/h1-9H,(H,21,22)/b20-9+. The lowest BCUT2D eigenvalue weighted by molar-refractivity contribution is 0.0951. The summed E-state index contributed by atoms with van der Waals surface area (Å²) in [6.45, 7) is 0. The van der Waals surface area contributed by atoms with E-state index in [0.29, 0.717) is 26.6 Å². The lowest BCUT2D eigenvalue weighted by Crippen LogP contribution is -2.24. The van der Waals surface area contributed by atoms with Gasteiger partial charge in [0.1, 0.15) is 11.1 Å². The van der Waals surface area contributed by atoms with E-state index < -0.39 is 11.5 Å². The monoisotopic (exact) mass is 360 g/mol. The molecule has 1 N–H and O–H groups in total. The minimum Gasteiger partial charge on any atom is -0.422 e. The van der Waals surface area contributed by atoms with Crippen LogP contribution in [0.4, 0.5) is 0 Å². The maximum absolute atomic E-state index is 12.1. The summed E-state index contributed by atoms with van der Waals surface area (Å²) in [5.74, 6) is -0.677. The molecule has 7 heteroatoms. The number of hydrogen-bond acceptors (Lipinski definition) is 4. The van der Waals surface area contributed by atoms with Gasteiger partial charge >= 0.3 is 5.63 Å². The number of hydrogen-bond donors (Lipinski definition) is 1.